The first-order valence-corrected chi connectivity index (χ1v) is 10.4. The third kappa shape index (κ3) is 5.54. The first-order chi connectivity index (χ1) is 14.4. The number of nitrogens with zero attached hydrogens (tertiary/aromatic N) is 1. The lowest BCUT2D eigenvalue weighted by molar-refractivity contribution is -0.121. The van der Waals surface area contributed by atoms with Gasteiger partial charge in [0.05, 0.1) is 10.9 Å². The Balaban J connectivity index is 0.00000341. The number of Topliss-reactive ketones (excluding diaryl/α,β-unsaturated/α-hetero) is 1. The molecule has 1 aromatic heterocycles. The molecule has 3 aromatic rings. The number of ketones is 1. The molecular weight excluding hydrogens is 414 g/mol. The van der Waals surface area contributed by atoms with E-state index in [1.807, 2.05) is 37.4 Å². The third-order valence-electron chi connectivity index (χ3n) is 5.62. The van der Waals surface area contributed by atoms with E-state index < -0.39 is 17.5 Å². The number of unbranched alkanes of at least 4 members (excludes halogenated alkanes) is 1. The highest BCUT2D eigenvalue weighted by Crippen LogP contribution is 2.39. The average molecular weight is 444 g/mol. The molecule has 0 aliphatic heterocycles. The Morgan fingerprint density at radius 1 is 1.10 bits per heavy atom. The fourth-order valence-corrected chi connectivity index (χ4v) is 4.01. The normalized spacial score (nSPS) is 13.0. The van der Waals surface area contributed by atoms with Crippen molar-refractivity contribution in [2.24, 2.45) is 5.92 Å². The Kier molecular flexibility index (Phi) is 8.84. The lowest BCUT2D eigenvalue weighted by Crippen LogP contribution is -2.36. The lowest BCUT2D eigenvalue weighted by Gasteiger charge is -2.29. The van der Waals surface area contributed by atoms with E-state index in [-0.39, 0.29) is 29.5 Å². The highest BCUT2D eigenvalue weighted by atomic mass is 35.5. The second kappa shape index (κ2) is 11.1. The molecule has 0 aliphatic carbocycles. The molecule has 166 valence electrons. The van der Waals surface area contributed by atoms with Crippen LogP contribution in [0.5, 0.6) is 5.75 Å². The third-order valence-corrected chi connectivity index (χ3v) is 5.62. The zero-order chi connectivity index (χ0) is 21.7. The van der Waals surface area contributed by atoms with Crippen LogP contribution in [0.1, 0.15) is 43.7 Å². The van der Waals surface area contributed by atoms with Crippen LogP contribution in [0, 0.1) is 5.92 Å². The number of halogens is 1. The van der Waals surface area contributed by atoms with Gasteiger partial charge in [-0.15, -0.1) is 12.4 Å². The summed E-state index contributed by atoms with van der Waals surface area (Å²) < 4.78 is 5.54. The minimum atomic E-state index is -0.609. The molecule has 0 aliphatic rings. The van der Waals surface area contributed by atoms with Gasteiger partial charge in [0, 0.05) is 18.4 Å². The maximum Gasteiger partial charge on any atom is 0.343 e. The summed E-state index contributed by atoms with van der Waals surface area (Å²) >= 11 is 0. The Hall–Kier alpha value is -2.63. The van der Waals surface area contributed by atoms with Crippen LogP contribution in [0.4, 0.5) is 0 Å². The summed E-state index contributed by atoms with van der Waals surface area (Å²) in [5.41, 5.74) is 0.668. The Bertz CT molecular complexity index is 1060. The van der Waals surface area contributed by atoms with Crippen molar-refractivity contribution < 1.29 is 14.3 Å². The number of hydrogen-bond acceptors (Lipinski definition) is 5. The number of hydrogen-bond donors (Lipinski definition) is 1. The molecule has 2 aromatic carbocycles. The molecule has 0 saturated heterocycles. The van der Waals surface area contributed by atoms with Crippen LogP contribution >= 0.6 is 12.4 Å². The van der Waals surface area contributed by atoms with E-state index in [0.29, 0.717) is 17.5 Å². The molecule has 1 N–H and O–H groups in total. The van der Waals surface area contributed by atoms with Gasteiger partial charge in [0.25, 0.3) is 0 Å². The molecule has 2 unspecified atom stereocenters. The molecule has 0 radical (unpaired) electrons. The van der Waals surface area contributed by atoms with Gasteiger partial charge in [0.15, 0.2) is 0 Å². The Labute approximate surface area is 189 Å². The van der Waals surface area contributed by atoms with Gasteiger partial charge in [-0.3, -0.25) is 4.79 Å². The number of para-hydroxylation sites is 1. The van der Waals surface area contributed by atoms with Gasteiger partial charge in [-0.2, -0.15) is 0 Å². The largest absolute Gasteiger partial charge is 0.507 e. The molecule has 31 heavy (non-hydrogen) atoms. The van der Waals surface area contributed by atoms with Crippen LogP contribution in [0.15, 0.2) is 63.8 Å². The van der Waals surface area contributed by atoms with Crippen molar-refractivity contribution >= 4 is 29.2 Å². The fourth-order valence-electron chi connectivity index (χ4n) is 4.01. The Morgan fingerprint density at radius 2 is 1.74 bits per heavy atom. The van der Waals surface area contributed by atoms with E-state index in [1.165, 1.54) is 0 Å². The summed E-state index contributed by atoms with van der Waals surface area (Å²) in [6.07, 6.45) is 2.09. The second-order valence-electron chi connectivity index (χ2n) is 7.87. The van der Waals surface area contributed by atoms with E-state index in [9.17, 15) is 14.7 Å². The molecule has 2 atom stereocenters. The molecule has 5 nitrogen and oxygen atoms in total. The predicted molar refractivity (Wildman–Crippen MR) is 126 cm³/mol. The quantitative estimate of drug-likeness (QED) is 0.472. The molecule has 3 rings (SSSR count). The topological polar surface area (TPSA) is 70.8 Å². The number of carbonyl (C=O) groups excluding carboxylic acids is 1. The molecule has 0 bridgehead atoms. The minimum Gasteiger partial charge on any atom is -0.507 e. The Morgan fingerprint density at radius 3 is 2.39 bits per heavy atom. The molecule has 1 heterocycles. The van der Waals surface area contributed by atoms with E-state index in [4.69, 9.17) is 4.42 Å². The van der Waals surface area contributed by atoms with Crippen LogP contribution in [0.2, 0.25) is 0 Å². The van der Waals surface area contributed by atoms with Gasteiger partial charge in [0.2, 0.25) is 0 Å². The SMILES string of the molecule is CCCCN(C)CC(C(C)=O)C(c1ccccc1)c1c(O)c2ccccc2oc1=O.Cl. The highest BCUT2D eigenvalue weighted by molar-refractivity contribution is 5.86. The van der Waals surface area contributed by atoms with Crippen molar-refractivity contribution in [2.75, 3.05) is 20.1 Å². The molecule has 0 fully saturated rings. The number of fused-ring (bicyclic) bond motifs is 1. The molecule has 0 amide bonds. The van der Waals surface area contributed by atoms with Gasteiger partial charge < -0.3 is 14.4 Å². The van der Waals surface area contributed by atoms with Crippen LogP contribution in [-0.4, -0.2) is 35.9 Å². The van der Waals surface area contributed by atoms with Gasteiger partial charge in [-0.05, 0) is 44.6 Å². The summed E-state index contributed by atoms with van der Waals surface area (Å²) in [4.78, 5) is 27.9. The number of benzene rings is 2. The predicted octanol–water partition coefficient (Wildman–Crippen LogP) is 4.99. The zero-order valence-corrected chi connectivity index (χ0v) is 19.0. The number of carbonyl (C=O) groups is 1. The fraction of sp³-hybridized carbons (Fsp3) is 0.360. The first-order valence-electron chi connectivity index (χ1n) is 10.4. The molecular formula is C25H30ClNO4. The van der Waals surface area contributed by atoms with Crippen LogP contribution in [0.25, 0.3) is 11.0 Å². The zero-order valence-electron chi connectivity index (χ0n) is 18.2. The van der Waals surface area contributed by atoms with Gasteiger partial charge in [0.1, 0.15) is 17.1 Å². The van der Waals surface area contributed by atoms with Crippen molar-refractivity contribution in [3.05, 3.63) is 76.1 Å². The first kappa shape index (κ1) is 24.6. The maximum atomic E-state index is 13.0. The van der Waals surface area contributed by atoms with Crippen molar-refractivity contribution in [1.29, 1.82) is 0 Å². The van der Waals surface area contributed by atoms with E-state index in [2.05, 4.69) is 11.8 Å². The standard InChI is InChI=1S/C25H29NO4.ClH/c1-4-5-15-26(3)16-20(17(2)27)22(18-11-7-6-8-12-18)23-24(28)19-13-9-10-14-21(19)30-25(23)29;/h6-14,20,22,28H,4-5,15-16H2,1-3H3;1H. The van der Waals surface area contributed by atoms with Gasteiger partial charge in [-0.1, -0.05) is 55.8 Å². The van der Waals surface area contributed by atoms with E-state index >= 15 is 0 Å². The van der Waals surface area contributed by atoms with Crippen LogP contribution in [-0.2, 0) is 4.79 Å². The maximum absolute atomic E-state index is 13.0. The van der Waals surface area contributed by atoms with Crippen LogP contribution in [0.3, 0.4) is 0 Å². The van der Waals surface area contributed by atoms with Crippen molar-refractivity contribution in [1.82, 2.24) is 4.90 Å². The lowest BCUT2D eigenvalue weighted by atomic mass is 9.78. The average Bonchev–Trinajstić information content (AvgIpc) is 2.74. The molecule has 0 saturated carbocycles. The summed E-state index contributed by atoms with van der Waals surface area (Å²) in [5.74, 6) is -1.24. The van der Waals surface area contributed by atoms with Crippen molar-refractivity contribution in [3.63, 3.8) is 0 Å². The minimum absolute atomic E-state index is 0. The van der Waals surface area contributed by atoms with Crippen molar-refractivity contribution in [3.8, 4) is 5.75 Å². The monoisotopic (exact) mass is 443 g/mol. The summed E-state index contributed by atoms with van der Waals surface area (Å²) in [6.45, 7) is 5.02. The smallest absolute Gasteiger partial charge is 0.343 e. The van der Waals surface area contributed by atoms with Gasteiger partial charge in [-0.25, -0.2) is 4.79 Å². The second-order valence-corrected chi connectivity index (χ2v) is 7.87. The van der Waals surface area contributed by atoms with Crippen LogP contribution < -0.4 is 5.63 Å². The van der Waals surface area contributed by atoms with E-state index in [0.717, 1.165) is 24.9 Å². The highest BCUT2D eigenvalue weighted by Gasteiger charge is 2.34. The molecule has 6 heteroatoms. The van der Waals surface area contributed by atoms with E-state index in [1.54, 1.807) is 31.2 Å². The van der Waals surface area contributed by atoms with Gasteiger partial charge >= 0.3 is 5.63 Å². The summed E-state index contributed by atoms with van der Waals surface area (Å²) in [6, 6.07) is 16.3. The summed E-state index contributed by atoms with van der Waals surface area (Å²) in [5, 5.41) is 11.6. The van der Waals surface area contributed by atoms with Crippen molar-refractivity contribution in [2.45, 2.75) is 32.6 Å². The number of aromatic hydroxyl groups is 1. The summed E-state index contributed by atoms with van der Waals surface area (Å²) in [7, 11) is 1.98. The molecule has 0 spiro atoms. The number of rotatable bonds is 9.